The molecule has 0 aliphatic carbocycles. The summed E-state index contributed by atoms with van der Waals surface area (Å²) < 4.78 is 0. The minimum Gasteiger partial charge on any atom is -0.478 e. The fraction of sp³-hybridized carbons (Fsp3) is 0.421. The fourth-order valence-electron chi connectivity index (χ4n) is 3.83. The number of fused-ring (bicyclic) bond motifs is 1. The lowest BCUT2D eigenvalue weighted by Crippen LogP contribution is -2.45. The van der Waals surface area contributed by atoms with Crippen molar-refractivity contribution < 1.29 is 9.90 Å². The molecule has 0 spiro atoms. The number of nitrogens with zero attached hydrogens (tertiary/aromatic N) is 5. The van der Waals surface area contributed by atoms with E-state index >= 15 is 0 Å². The number of hydrogen-bond donors (Lipinski definition) is 3. The third kappa shape index (κ3) is 3.32. The number of aromatic carboxylic acids is 1. The van der Waals surface area contributed by atoms with Crippen molar-refractivity contribution in [3.63, 3.8) is 0 Å². The third-order valence-electron chi connectivity index (χ3n) is 5.59. The van der Waals surface area contributed by atoms with Crippen molar-refractivity contribution in [1.82, 2.24) is 24.8 Å². The van der Waals surface area contributed by atoms with Crippen LogP contribution in [0.5, 0.6) is 0 Å². The van der Waals surface area contributed by atoms with E-state index in [1.807, 2.05) is 17.8 Å². The number of H-pyrrole nitrogens is 2. The summed E-state index contributed by atoms with van der Waals surface area (Å²) in [7, 11) is 2.08. The van der Waals surface area contributed by atoms with Crippen LogP contribution in [0.1, 0.15) is 10.4 Å². The molecule has 2 aliphatic heterocycles. The molecule has 2 aliphatic rings. The van der Waals surface area contributed by atoms with Gasteiger partial charge in [0.1, 0.15) is 0 Å². The summed E-state index contributed by atoms with van der Waals surface area (Å²) in [5.41, 5.74) is 2.53. The van der Waals surface area contributed by atoms with Gasteiger partial charge in [0.15, 0.2) is 0 Å². The second-order valence-electron chi connectivity index (χ2n) is 7.52. The molecule has 0 saturated carbocycles. The zero-order chi connectivity index (χ0) is 20.0. The molecule has 5 rings (SSSR count). The minimum atomic E-state index is -0.921. The van der Waals surface area contributed by atoms with Gasteiger partial charge in [0.2, 0.25) is 11.9 Å². The molecule has 2 fully saturated rings. The Morgan fingerprint density at radius 2 is 2.03 bits per heavy atom. The average Bonchev–Trinajstić information content (AvgIpc) is 3.33. The van der Waals surface area contributed by atoms with Crippen LogP contribution in [-0.2, 0) is 0 Å². The second kappa shape index (κ2) is 7.27. The summed E-state index contributed by atoms with van der Waals surface area (Å²) >= 11 is 1.89. The zero-order valence-corrected chi connectivity index (χ0v) is 16.9. The van der Waals surface area contributed by atoms with Crippen LogP contribution in [0.25, 0.3) is 11.0 Å². The van der Waals surface area contributed by atoms with Crippen molar-refractivity contribution in [1.29, 1.82) is 0 Å². The van der Waals surface area contributed by atoms with Gasteiger partial charge < -0.3 is 24.9 Å². The summed E-state index contributed by atoms with van der Waals surface area (Å²) in [4.78, 5) is 34.1. The molecular weight excluding hydrogens is 390 g/mol. The number of likely N-dealkylation sites (N-methyl/N-ethyl adjacent to an activating group) is 1. The maximum atomic E-state index is 12.0. The standard InChI is InChI=1S/C19H23N7O2S/c1-24-4-6-25(7-5-24)16-9-15-14(8-13(16)17(27)28)22-19(23-15)26(12-10-29-11-12)18-20-2-3-21-18/h2-3,8-9,12H,4-7,10-11H2,1H3,(H,20,21)(H,22,23)(H,27,28). The van der Waals surface area contributed by atoms with Crippen molar-refractivity contribution in [3.05, 3.63) is 30.1 Å². The Morgan fingerprint density at radius 1 is 1.24 bits per heavy atom. The highest BCUT2D eigenvalue weighted by molar-refractivity contribution is 8.00. The van der Waals surface area contributed by atoms with Gasteiger partial charge in [-0.15, -0.1) is 0 Å². The summed E-state index contributed by atoms with van der Waals surface area (Å²) in [5, 5.41) is 9.81. The molecule has 0 atom stereocenters. The molecule has 152 valence electrons. The van der Waals surface area contributed by atoms with Gasteiger partial charge in [-0.1, -0.05) is 0 Å². The number of aromatic nitrogens is 4. The van der Waals surface area contributed by atoms with Gasteiger partial charge in [-0.25, -0.2) is 14.8 Å². The second-order valence-corrected chi connectivity index (χ2v) is 8.59. The Kier molecular flexibility index (Phi) is 4.59. The van der Waals surface area contributed by atoms with Gasteiger partial charge >= 0.3 is 5.97 Å². The van der Waals surface area contributed by atoms with Crippen molar-refractivity contribution in [2.24, 2.45) is 0 Å². The van der Waals surface area contributed by atoms with E-state index in [4.69, 9.17) is 4.98 Å². The normalized spacial score (nSPS) is 18.2. The van der Waals surface area contributed by atoms with Gasteiger partial charge in [0.05, 0.1) is 28.3 Å². The number of benzene rings is 1. The molecule has 0 amide bonds. The predicted molar refractivity (Wildman–Crippen MR) is 115 cm³/mol. The molecule has 0 bridgehead atoms. The number of rotatable bonds is 5. The lowest BCUT2D eigenvalue weighted by atomic mass is 10.1. The van der Waals surface area contributed by atoms with E-state index in [2.05, 4.69) is 36.7 Å². The number of hydrogen-bond acceptors (Lipinski definition) is 7. The van der Waals surface area contributed by atoms with E-state index < -0.39 is 5.97 Å². The van der Waals surface area contributed by atoms with Crippen LogP contribution in [0.15, 0.2) is 24.5 Å². The molecule has 10 heteroatoms. The largest absolute Gasteiger partial charge is 0.478 e. The van der Waals surface area contributed by atoms with E-state index in [9.17, 15) is 9.90 Å². The van der Waals surface area contributed by atoms with Crippen molar-refractivity contribution in [3.8, 4) is 0 Å². The number of aromatic amines is 2. The Bertz CT molecular complexity index is 1020. The molecule has 4 heterocycles. The number of nitrogens with one attached hydrogen (secondary N) is 2. The lowest BCUT2D eigenvalue weighted by Gasteiger charge is -2.34. The van der Waals surface area contributed by atoms with E-state index in [1.54, 1.807) is 18.5 Å². The zero-order valence-electron chi connectivity index (χ0n) is 16.1. The Hall–Kier alpha value is -2.72. The Labute approximate surface area is 172 Å². The minimum absolute atomic E-state index is 0.306. The number of anilines is 3. The van der Waals surface area contributed by atoms with Gasteiger partial charge in [-0.2, -0.15) is 11.8 Å². The van der Waals surface area contributed by atoms with Crippen LogP contribution in [-0.4, -0.2) is 86.7 Å². The summed E-state index contributed by atoms with van der Waals surface area (Å²) in [5.74, 6) is 2.52. The summed E-state index contributed by atoms with van der Waals surface area (Å²) in [6.45, 7) is 3.43. The average molecular weight is 414 g/mol. The monoisotopic (exact) mass is 413 g/mol. The first-order chi connectivity index (χ1) is 14.1. The van der Waals surface area contributed by atoms with E-state index in [1.165, 1.54) is 0 Å². The predicted octanol–water partition coefficient (Wildman–Crippen LogP) is 1.99. The molecule has 9 nitrogen and oxygen atoms in total. The van der Waals surface area contributed by atoms with E-state index in [0.29, 0.717) is 17.6 Å². The highest BCUT2D eigenvalue weighted by Crippen LogP contribution is 2.34. The van der Waals surface area contributed by atoms with Crippen LogP contribution in [0, 0.1) is 0 Å². The highest BCUT2D eigenvalue weighted by Gasteiger charge is 2.31. The molecule has 3 aromatic rings. The Morgan fingerprint density at radius 3 is 2.66 bits per heavy atom. The number of imidazole rings is 2. The van der Waals surface area contributed by atoms with Crippen LogP contribution in [0.2, 0.25) is 0 Å². The highest BCUT2D eigenvalue weighted by atomic mass is 32.2. The number of thioether (sulfide) groups is 1. The quantitative estimate of drug-likeness (QED) is 0.583. The number of carboxylic acid groups (broad SMARTS) is 1. The van der Waals surface area contributed by atoms with Crippen molar-refractivity contribution >= 4 is 46.3 Å². The third-order valence-corrected chi connectivity index (χ3v) is 6.83. The molecule has 29 heavy (non-hydrogen) atoms. The molecular formula is C19H23N7O2S. The first-order valence-corrected chi connectivity index (χ1v) is 10.8. The number of carboxylic acids is 1. The molecule has 0 unspecified atom stereocenters. The van der Waals surface area contributed by atoms with Gasteiger partial charge in [-0.3, -0.25) is 4.90 Å². The molecule has 3 N–H and O–H groups in total. The SMILES string of the molecule is CN1CCN(c2cc3nc(N(c4ncc[nH]4)C4CSC4)[nH]c3cc2C(=O)O)CC1. The van der Waals surface area contributed by atoms with Gasteiger partial charge in [0.25, 0.3) is 0 Å². The Balaban J connectivity index is 1.56. The van der Waals surface area contributed by atoms with Crippen molar-refractivity contribution in [2.45, 2.75) is 6.04 Å². The maximum Gasteiger partial charge on any atom is 0.337 e. The molecule has 2 saturated heterocycles. The molecule has 0 radical (unpaired) electrons. The summed E-state index contributed by atoms with van der Waals surface area (Å²) in [6.07, 6.45) is 3.52. The van der Waals surface area contributed by atoms with Crippen LogP contribution >= 0.6 is 11.8 Å². The van der Waals surface area contributed by atoms with Crippen LogP contribution in [0.4, 0.5) is 17.6 Å². The van der Waals surface area contributed by atoms with Gasteiger partial charge in [-0.05, 0) is 19.2 Å². The smallest absolute Gasteiger partial charge is 0.337 e. The molecule has 1 aromatic carbocycles. The van der Waals surface area contributed by atoms with Gasteiger partial charge in [0, 0.05) is 50.1 Å². The van der Waals surface area contributed by atoms with Crippen molar-refractivity contribution in [2.75, 3.05) is 54.5 Å². The first kappa shape index (κ1) is 18.3. The summed E-state index contributed by atoms with van der Waals surface area (Å²) in [6, 6.07) is 3.92. The number of carbonyl (C=O) groups is 1. The topological polar surface area (TPSA) is 104 Å². The van der Waals surface area contributed by atoms with Crippen LogP contribution in [0.3, 0.4) is 0 Å². The van der Waals surface area contributed by atoms with E-state index in [-0.39, 0.29) is 0 Å². The fourth-order valence-corrected chi connectivity index (χ4v) is 4.58. The molecule has 2 aromatic heterocycles. The first-order valence-electron chi connectivity index (χ1n) is 9.67. The number of piperazine rings is 1. The maximum absolute atomic E-state index is 12.0. The van der Waals surface area contributed by atoms with Crippen LogP contribution < -0.4 is 9.80 Å². The lowest BCUT2D eigenvalue weighted by molar-refractivity contribution is 0.0697. The van der Waals surface area contributed by atoms with E-state index in [0.717, 1.165) is 60.4 Å².